The van der Waals surface area contributed by atoms with Crippen LogP contribution in [0.1, 0.15) is 13.8 Å². The van der Waals surface area contributed by atoms with E-state index in [9.17, 15) is 16.8 Å². The first-order valence-electron chi connectivity index (χ1n) is 5.55. The molecule has 5 nitrogen and oxygen atoms in total. The highest BCUT2D eigenvalue weighted by Crippen LogP contribution is 2.25. The molecule has 0 aliphatic carbocycles. The maximum atomic E-state index is 12.1. The molecule has 2 N–H and O–H groups in total. The minimum absolute atomic E-state index is 0.0381. The minimum Gasteiger partial charge on any atom is -0.399 e. The summed E-state index contributed by atoms with van der Waals surface area (Å²) in [5.74, 6) is -0.936. The summed E-state index contributed by atoms with van der Waals surface area (Å²) in [6.07, 6.45) is 0. The molecule has 19 heavy (non-hydrogen) atoms. The van der Waals surface area contributed by atoms with Crippen LogP contribution in [0.25, 0.3) is 0 Å². The van der Waals surface area contributed by atoms with Crippen LogP contribution in [0.2, 0.25) is 5.02 Å². The number of hydrogen-bond donors (Lipinski definition) is 1. The van der Waals surface area contributed by atoms with Gasteiger partial charge in [-0.15, -0.1) is 0 Å². The van der Waals surface area contributed by atoms with Crippen molar-refractivity contribution in [3.63, 3.8) is 0 Å². The Balaban J connectivity index is 3.04. The van der Waals surface area contributed by atoms with Crippen LogP contribution in [-0.4, -0.2) is 33.6 Å². The zero-order valence-electron chi connectivity index (χ0n) is 10.6. The van der Waals surface area contributed by atoms with Crippen molar-refractivity contribution in [3.05, 3.63) is 23.2 Å². The number of nitrogens with two attached hydrogens (primary N) is 1. The first-order valence-corrected chi connectivity index (χ1v) is 9.30. The molecule has 0 fully saturated rings. The third-order valence-corrected chi connectivity index (χ3v) is 7.30. The second-order valence-corrected chi connectivity index (χ2v) is 9.59. The third-order valence-electron chi connectivity index (χ3n) is 2.65. The van der Waals surface area contributed by atoms with Gasteiger partial charge in [-0.2, -0.15) is 0 Å². The lowest BCUT2D eigenvalue weighted by Crippen LogP contribution is -2.23. The van der Waals surface area contributed by atoms with Gasteiger partial charge in [-0.3, -0.25) is 0 Å². The van der Waals surface area contributed by atoms with E-state index >= 15 is 0 Å². The number of anilines is 1. The van der Waals surface area contributed by atoms with Crippen molar-refractivity contribution in [3.8, 4) is 0 Å². The SMILES string of the molecule is CC(C)S(=O)(=O)CCS(=O)(=O)c1cc(N)ccc1Cl. The van der Waals surface area contributed by atoms with Crippen LogP contribution in [0.5, 0.6) is 0 Å². The molecule has 0 spiro atoms. The fraction of sp³-hybridized carbons (Fsp3) is 0.455. The van der Waals surface area contributed by atoms with Crippen LogP contribution in [0, 0.1) is 0 Å². The summed E-state index contributed by atoms with van der Waals surface area (Å²) in [6, 6.07) is 4.09. The summed E-state index contributed by atoms with van der Waals surface area (Å²) < 4.78 is 47.4. The van der Waals surface area contributed by atoms with Crippen LogP contribution < -0.4 is 5.73 Å². The highest BCUT2D eigenvalue weighted by Gasteiger charge is 2.24. The van der Waals surface area contributed by atoms with Gasteiger partial charge in [-0.1, -0.05) is 11.6 Å². The van der Waals surface area contributed by atoms with Crippen molar-refractivity contribution in [1.29, 1.82) is 0 Å². The topological polar surface area (TPSA) is 94.3 Å². The number of benzene rings is 1. The number of halogens is 1. The summed E-state index contributed by atoms with van der Waals surface area (Å²) in [5.41, 5.74) is 5.77. The highest BCUT2D eigenvalue weighted by molar-refractivity contribution is 7.95. The zero-order valence-corrected chi connectivity index (χ0v) is 13.0. The van der Waals surface area contributed by atoms with Gasteiger partial charge in [0.05, 0.1) is 26.7 Å². The standard InChI is InChI=1S/C11H16ClNO4S2/c1-8(2)18(14,15)5-6-19(16,17)11-7-9(13)3-4-10(11)12/h3-4,7-8H,5-6,13H2,1-2H3. The van der Waals surface area contributed by atoms with Crippen molar-refractivity contribution >= 4 is 37.0 Å². The Kier molecular flexibility index (Phi) is 4.86. The predicted octanol–water partition coefficient (Wildman–Crippen LogP) is 1.52. The first kappa shape index (κ1) is 16.3. The van der Waals surface area contributed by atoms with E-state index in [4.69, 9.17) is 17.3 Å². The Hall–Kier alpha value is -0.790. The lowest BCUT2D eigenvalue weighted by atomic mass is 10.3. The Morgan fingerprint density at radius 1 is 1.16 bits per heavy atom. The van der Waals surface area contributed by atoms with Crippen LogP contribution in [-0.2, 0) is 19.7 Å². The maximum Gasteiger partial charge on any atom is 0.180 e. The number of sulfone groups is 2. The van der Waals surface area contributed by atoms with Gasteiger partial charge in [0, 0.05) is 5.69 Å². The summed E-state index contributed by atoms with van der Waals surface area (Å²) in [7, 11) is -7.19. The largest absolute Gasteiger partial charge is 0.399 e. The molecule has 0 amide bonds. The molecule has 0 saturated carbocycles. The van der Waals surface area contributed by atoms with Gasteiger partial charge in [-0.25, -0.2) is 16.8 Å². The number of hydrogen-bond acceptors (Lipinski definition) is 5. The molecular formula is C11H16ClNO4S2. The molecule has 8 heteroatoms. The van der Waals surface area contributed by atoms with Crippen molar-refractivity contribution < 1.29 is 16.8 Å². The van der Waals surface area contributed by atoms with Gasteiger partial charge in [0.1, 0.15) is 0 Å². The molecule has 1 aromatic rings. The molecular weight excluding hydrogens is 310 g/mol. The second-order valence-electron chi connectivity index (χ2n) is 4.42. The molecule has 0 aliphatic heterocycles. The van der Waals surface area contributed by atoms with Gasteiger partial charge in [0.2, 0.25) is 0 Å². The molecule has 0 aromatic heterocycles. The molecule has 0 atom stereocenters. The maximum absolute atomic E-state index is 12.1. The fourth-order valence-corrected chi connectivity index (χ4v) is 4.98. The second kappa shape index (κ2) is 5.68. The van der Waals surface area contributed by atoms with E-state index in [1.165, 1.54) is 32.0 Å². The Labute approximate surface area is 118 Å². The first-order chi connectivity index (χ1) is 8.56. The molecule has 108 valence electrons. The van der Waals surface area contributed by atoms with Gasteiger partial charge in [-0.05, 0) is 32.0 Å². The normalized spacial score (nSPS) is 12.8. The van der Waals surface area contributed by atoms with Gasteiger partial charge in [0.25, 0.3) is 0 Å². The van der Waals surface area contributed by atoms with E-state index in [2.05, 4.69) is 0 Å². The molecule has 0 radical (unpaired) electrons. The smallest absolute Gasteiger partial charge is 0.180 e. The van der Waals surface area contributed by atoms with E-state index < -0.39 is 36.4 Å². The molecule has 0 heterocycles. The predicted molar refractivity (Wildman–Crippen MR) is 76.8 cm³/mol. The summed E-state index contributed by atoms with van der Waals surface area (Å²) in [6.45, 7) is 3.02. The monoisotopic (exact) mass is 325 g/mol. The quantitative estimate of drug-likeness (QED) is 0.828. The third kappa shape index (κ3) is 4.09. The molecule has 0 unspecified atom stereocenters. The van der Waals surface area contributed by atoms with E-state index in [-0.39, 0.29) is 15.6 Å². The van der Waals surface area contributed by atoms with E-state index in [1.807, 2.05) is 0 Å². The van der Waals surface area contributed by atoms with Crippen molar-refractivity contribution in [1.82, 2.24) is 0 Å². The molecule has 0 aliphatic rings. The average molecular weight is 326 g/mol. The number of rotatable bonds is 5. The molecule has 1 aromatic carbocycles. The van der Waals surface area contributed by atoms with E-state index in [0.717, 1.165) is 0 Å². The highest BCUT2D eigenvalue weighted by atomic mass is 35.5. The lowest BCUT2D eigenvalue weighted by Gasteiger charge is -2.10. The fourth-order valence-electron chi connectivity index (χ4n) is 1.33. The van der Waals surface area contributed by atoms with Crippen LogP contribution in [0.3, 0.4) is 0 Å². The molecule has 0 saturated heterocycles. The van der Waals surface area contributed by atoms with Crippen molar-refractivity contribution in [2.75, 3.05) is 17.2 Å². The summed E-state index contributed by atoms with van der Waals surface area (Å²) >= 11 is 5.81. The lowest BCUT2D eigenvalue weighted by molar-refractivity contribution is 0.582. The average Bonchev–Trinajstić information content (AvgIpc) is 2.30. The molecule has 1 rings (SSSR count). The van der Waals surface area contributed by atoms with Crippen LogP contribution in [0.4, 0.5) is 5.69 Å². The zero-order chi connectivity index (χ0) is 14.8. The van der Waals surface area contributed by atoms with Gasteiger partial charge in [0.15, 0.2) is 19.7 Å². The van der Waals surface area contributed by atoms with Crippen molar-refractivity contribution in [2.45, 2.75) is 24.0 Å². The van der Waals surface area contributed by atoms with E-state index in [1.54, 1.807) is 0 Å². The summed E-state index contributed by atoms with van der Waals surface area (Å²) in [4.78, 5) is -0.131. The summed E-state index contributed by atoms with van der Waals surface area (Å²) in [5, 5.41) is -0.574. The number of nitrogen functional groups attached to an aromatic ring is 1. The Morgan fingerprint density at radius 3 is 2.26 bits per heavy atom. The van der Waals surface area contributed by atoms with Crippen molar-refractivity contribution in [2.24, 2.45) is 0 Å². The molecule has 0 bridgehead atoms. The Morgan fingerprint density at radius 2 is 1.74 bits per heavy atom. The van der Waals surface area contributed by atoms with Crippen LogP contribution >= 0.6 is 11.6 Å². The van der Waals surface area contributed by atoms with E-state index in [0.29, 0.717) is 0 Å². The van der Waals surface area contributed by atoms with Crippen LogP contribution in [0.15, 0.2) is 23.1 Å². The minimum atomic E-state index is -3.77. The van der Waals surface area contributed by atoms with Gasteiger partial charge >= 0.3 is 0 Å². The Bertz CT molecular complexity index is 666. The van der Waals surface area contributed by atoms with Gasteiger partial charge < -0.3 is 5.73 Å².